The van der Waals surface area contributed by atoms with E-state index in [1.807, 2.05) is 13.8 Å². The maximum atomic E-state index is 13.1. The summed E-state index contributed by atoms with van der Waals surface area (Å²) in [5.41, 5.74) is 7.25. The summed E-state index contributed by atoms with van der Waals surface area (Å²) in [6.07, 6.45) is 0.403. The normalized spacial score (nSPS) is 19.7. The first-order valence-corrected chi connectivity index (χ1v) is 11.9. The lowest BCUT2D eigenvalue weighted by Crippen LogP contribution is -2.47. The van der Waals surface area contributed by atoms with E-state index >= 15 is 0 Å². The molecule has 1 heterocycles. The third-order valence-electron chi connectivity index (χ3n) is 5.18. The molecular weight excluding hydrogens is 454 g/mol. The van der Waals surface area contributed by atoms with Crippen LogP contribution in [0.5, 0.6) is 5.75 Å². The standard InChI is InChI=1S/C20H31N5O7S/c1-12(2)8-16(21)19(27)22-10-18(26)23-13-9-17(20(28)24-29)25(11-13)33(30,31)15-6-4-14(32-3)5-7-15/h4-7,12-13,16-17,29H,8-11,21H2,1-3H3,(H,22,27)(H,23,26)(H,24,28)/t13-,16-,17-/m0/s1. The van der Waals surface area contributed by atoms with Gasteiger partial charge < -0.3 is 21.1 Å². The zero-order valence-corrected chi connectivity index (χ0v) is 19.6. The monoisotopic (exact) mass is 485 g/mol. The molecule has 0 unspecified atom stereocenters. The largest absolute Gasteiger partial charge is 0.497 e. The van der Waals surface area contributed by atoms with E-state index in [-0.39, 0.29) is 30.3 Å². The molecule has 2 rings (SSSR count). The van der Waals surface area contributed by atoms with Crippen LogP contribution in [0.15, 0.2) is 29.2 Å². The van der Waals surface area contributed by atoms with Gasteiger partial charge in [0.05, 0.1) is 24.6 Å². The van der Waals surface area contributed by atoms with Gasteiger partial charge in [-0.3, -0.25) is 19.6 Å². The molecule has 0 spiro atoms. The molecule has 1 fully saturated rings. The number of benzene rings is 1. The van der Waals surface area contributed by atoms with E-state index in [0.717, 1.165) is 4.31 Å². The SMILES string of the molecule is COc1ccc(S(=O)(=O)N2C[C@@H](NC(=O)CNC(=O)[C@@H](N)CC(C)C)C[C@H]2C(=O)NO)cc1. The molecule has 0 aromatic heterocycles. The van der Waals surface area contributed by atoms with Crippen molar-refractivity contribution >= 4 is 27.7 Å². The summed E-state index contributed by atoms with van der Waals surface area (Å²) in [6, 6.07) is 2.92. The van der Waals surface area contributed by atoms with Crippen LogP contribution in [0.4, 0.5) is 0 Å². The van der Waals surface area contributed by atoms with Gasteiger partial charge in [-0.25, -0.2) is 13.9 Å². The average Bonchev–Trinajstić information content (AvgIpc) is 3.21. The van der Waals surface area contributed by atoms with Gasteiger partial charge in [0, 0.05) is 12.6 Å². The molecule has 13 heteroatoms. The molecule has 1 aliphatic heterocycles. The van der Waals surface area contributed by atoms with E-state index in [1.54, 1.807) is 0 Å². The molecule has 0 saturated carbocycles. The number of carbonyl (C=O) groups is 3. The molecular formula is C20H31N5O7S. The molecule has 6 N–H and O–H groups in total. The molecule has 0 bridgehead atoms. The molecule has 0 radical (unpaired) electrons. The highest BCUT2D eigenvalue weighted by Crippen LogP contribution is 2.27. The zero-order chi connectivity index (χ0) is 24.8. The van der Waals surface area contributed by atoms with Crippen molar-refractivity contribution in [2.45, 2.75) is 49.7 Å². The van der Waals surface area contributed by atoms with Gasteiger partial charge in [0.1, 0.15) is 11.8 Å². The van der Waals surface area contributed by atoms with Crippen molar-refractivity contribution in [2.24, 2.45) is 11.7 Å². The van der Waals surface area contributed by atoms with E-state index in [4.69, 9.17) is 15.7 Å². The van der Waals surface area contributed by atoms with Gasteiger partial charge >= 0.3 is 0 Å². The van der Waals surface area contributed by atoms with Crippen LogP contribution in [0, 0.1) is 5.92 Å². The smallest absolute Gasteiger partial charge is 0.261 e. The molecule has 0 aliphatic carbocycles. The Balaban J connectivity index is 2.06. The van der Waals surface area contributed by atoms with Crippen molar-refractivity contribution in [3.63, 3.8) is 0 Å². The number of amides is 3. The van der Waals surface area contributed by atoms with E-state index in [1.165, 1.54) is 36.9 Å². The lowest BCUT2D eigenvalue weighted by atomic mass is 10.0. The van der Waals surface area contributed by atoms with Crippen LogP contribution in [-0.2, 0) is 24.4 Å². The van der Waals surface area contributed by atoms with Gasteiger partial charge in [-0.1, -0.05) is 13.8 Å². The van der Waals surface area contributed by atoms with Gasteiger partial charge in [0.15, 0.2) is 0 Å². The number of carbonyl (C=O) groups excluding carboxylic acids is 3. The maximum absolute atomic E-state index is 13.1. The minimum absolute atomic E-state index is 0.0612. The molecule has 12 nitrogen and oxygen atoms in total. The Morgan fingerprint density at radius 3 is 2.42 bits per heavy atom. The van der Waals surface area contributed by atoms with Crippen molar-refractivity contribution in [3.8, 4) is 5.75 Å². The van der Waals surface area contributed by atoms with Crippen LogP contribution in [0.25, 0.3) is 0 Å². The second-order valence-corrected chi connectivity index (χ2v) is 10.1. The summed E-state index contributed by atoms with van der Waals surface area (Å²) in [5.74, 6) is -1.27. The fraction of sp³-hybridized carbons (Fsp3) is 0.550. The summed E-state index contributed by atoms with van der Waals surface area (Å²) in [5, 5.41) is 14.1. The van der Waals surface area contributed by atoms with Gasteiger partial charge in [0.25, 0.3) is 5.91 Å². The van der Waals surface area contributed by atoms with Crippen molar-refractivity contribution < 1.29 is 32.7 Å². The number of nitrogens with zero attached hydrogens (tertiary/aromatic N) is 1. The summed E-state index contributed by atoms with van der Waals surface area (Å²) in [4.78, 5) is 36.4. The van der Waals surface area contributed by atoms with Crippen molar-refractivity contribution in [2.75, 3.05) is 20.2 Å². The number of methoxy groups -OCH3 is 1. The van der Waals surface area contributed by atoms with Gasteiger partial charge in [-0.2, -0.15) is 4.31 Å². The number of sulfonamides is 1. The Morgan fingerprint density at radius 1 is 1.24 bits per heavy atom. The fourth-order valence-corrected chi connectivity index (χ4v) is 5.21. The first kappa shape index (κ1) is 26.5. The van der Waals surface area contributed by atoms with Crippen LogP contribution in [-0.4, -0.2) is 74.0 Å². The summed E-state index contributed by atoms with van der Waals surface area (Å²) in [6.45, 7) is 3.30. The minimum atomic E-state index is -4.12. The van der Waals surface area contributed by atoms with Crippen molar-refractivity contribution in [3.05, 3.63) is 24.3 Å². The molecule has 1 aromatic carbocycles. The zero-order valence-electron chi connectivity index (χ0n) is 18.8. The number of nitrogens with one attached hydrogen (secondary N) is 3. The Bertz CT molecular complexity index is 952. The van der Waals surface area contributed by atoms with E-state index in [9.17, 15) is 22.8 Å². The summed E-state index contributed by atoms with van der Waals surface area (Å²) in [7, 11) is -2.67. The molecule has 1 aromatic rings. The Hall–Kier alpha value is -2.74. The highest BCUT2D eigenvalue weighted by atomic mass is 32.2. The van der Waals surface area contributed by atoms with Crippen LogP contribution in [0.2, 0.25) is 0 Å². The van der Waals surface area contributed by atoms with Crippen LogP contribution >= 0.6 is 0 Å². The number of ether oxygens (including phenoxy) is 1. The Labute approximate surface area is 192 Å². The second kappa shape index (κ2) is 11.4. The quantitative estimate of drug-likeness (QED) is 0.205. The number of nitrogens with two attached hydrogens (primary N) is 1. The van der Waals surface area contributed by atoms with Crippen LogP contribution in [0.3, 0.4) is 0 Å². The first-order chi connectivity index (χ1) is 15.5. The van der Waals surface area contributed by atoms with Gasteiger partial charge in [-0.15, -0.1) is 0 Å². The Kier molecular flexibility index (Phi) is 9.16. The lowest BCUT2D eigenvalue weighted by molar-refractivity contribution is -0.132. The molecule has 1 saturated heterocycles. The van der Waals surface area contributed by atoms with Crippen LogP contribution < -0.4 is 26.6 Å². The maximum Gasteiger partial charge on any atom is 0.261 e. The number of rotatable bonds is 10. The van der Waals surface area contributed by atoms with Crippen molar-refractivity contribution in [1.29, 1.82) is 0 Å². The van der Waals surface area contributed by atoms with Gasteiger partial charge in [-0.05, 0) is 43.0 Å². The molecule has 33 heavy (non-hydrogen) atoms. The highest BCUT2D eigenvalue weighted by Gasteiger charge is 2.44. The lowest BCUT2D eigenvalue weighted by Gasteiger charge is -2.22. The summed E-state index contributed by atoms with van der Waals surface area (Å²) < 4.78 is 32.2. The van der Waals surface area contributed by atoms with Crippen LogP contribution in [0.1, 0.15) is 26.7 Å². The summed E-state index contributed by atoms with van der Waals surface area (Å²) >= 11 is 0. The molecule has 3 amide bonds. The number of hydroxylamine groups is 1. The third-order valence-corrected chi connectivity index (χ3v) is 7.07. The fourth-order valence-electron chi connectivity index (χ4n) is 3.56. The topological polar surface area (TPSA) is 180 Å². The third kappa shape index (κ3) is 6.87. The predicted octanol–water partition coefficient (Wildman–Crippen LogP) is -1.06. The van der Waals surface area contributed by atoms with Gasteiger partial charge in [0.2, 0.25) is 21.8 Å². The predicted molar refractivity (Wildman–Crippen MR) is 118 cm³/mol. The second-order valence-electron chi connectivity index (χ2n) is 8.20. The number of hydrogen-bond donors (Lipinski definition) is 5. The van der Waals surface area contributed by atoms with E-state index in [0.29, 0.717) is 12.2 Å². The molecule has 1 aliphatic rings. The Morgan fingerprint density at radius 2 is 1.88 bits per heavy atom. The molecule has 3 atom stereocenters. The minimum Gasteiger partial charge on any atom is -0.497 e. The van der Waals surface area contributed by atoms with E-state index < -0.39 is 45.9 Å². The van der Waals surface area contributed by atoms with E-state index in [2.05, 4.69) is 10.6 Å². The first-order valence-electron chi connectivity index (χ1n) is 10.4. The average molecular weight is 486 g/mol. The van der Waals surface area contributed by atoms with Crippen molar-refractivity contribution in [1.82, 2.24) is 20.4 Å². The molecule has 184 valence electrons. The number of hydrogen-bond acceptors (Lipinski definition) is 8. The highest BCUT2D eigenvalue weighted by molar-refractivity contribution is 7.89.